The molecule has 206 valence electrons. The standard InChI is InChI=1S/C25H3F14N/c26-6-1-7(27)19(33)14(18(6)32)12-5(4-40)13(15-20(34)8(28)2-9(29)21(15)35)25(39)17(24(12)38)16-22(36)10(30)3-11(31)23(16)37/h1-3H. The predicted molar refractivity (Wildman–Crippen MR) is 107 cm³/mol. The zero-order valence-electron chi connectivity index (χ0n) is 18.5. The molecule has 0 aliphatic heterocycles. The number of hydrogen-bond acceptors (Lipinski definition) is 1. The van der Waals surface area contributed by atoms with Gasteiger partial charge in [0.1, 0.15) is 17.7 Å². The Balaban J connectivity index is 2.42. The summed E-state index contributed by atoms with van der Waals surface area (Å²) < 4.78 is 203. The summed E-state index contributed by atoms with van der Waals surface area (Å²) >= 11 is 0. The van der Waals surface area contributed by atoms with Crippen LogP contribution < -0.4 is 0 Å². The molecule has 0 aromatic heterocycles. The summed E-state index contributed by atoms with van der Waals surface area (Å²) in [6, 6.07) is -0.549. The third-order valence-electron chi connectivity index (χ3n) is 5.58. The van der Waals surface area contributed by atoms with Crippen molar-refractivity contribution in [3.8, 4) is 39.4 Å². The van der Waals surface area contributed by atoms with Gasteiger partial charge in [-0.25, -0.2) is 61.5 Å². The number of nitrogens with zero attached hydrogens (tertiary/aromatic N) is 1. The van der Waals surface area contributed by atoms with Gasteiger partial charge in [0.15, 0.2) is 69.8 Å². The second kappa shape index (κ2) is 9.85. The first-order valence-electron chi connectivity index (χ1n) is 10.1. The van der Waals surface area contributed by atoms with Crippen molar-refractivity contribution in [1.82, 2.24) is 0 Å². The lowest BCUT2D eigenvalue weighted by Gasteiger charge is -2.20. The number of hydrogen-bond donors (Lipinski definition) is 0. The summed E-state index contributed by atoms with van der Waals surface area (Å²) in [5.41, 5.74) is -15.8. The van der Waals surface area contributed by atoms with Gasteiger partial charge in [0.05, 0.1) is 27.8 Å². The molecule has 0 atom stereocenters. The molecule has 0 N–H and O–H groups in total. The normalized spacial score (nSPS) is 11.2. The van der Waals surface area contributed by atoms with Crippen molar-refractivity contribution in [3.63, 3.8) is 0 Å². The van der Waals surface area contributed by atoms with E-state index in [0.29, 0.717) is 0 Å². The van der Waals surface area contributed by atoms with Gasteiger partial charge in [-0.3, -0.25) is 0 Å². The van der Waals surface area contributed by atoms with Gasteiger partial charge in [-0.15, -0.1) is 0 Å². The molecule has 0 amide bonds. The van der Waals surface area contributed by atoms with Crippen molar-refractivity contribution >= 4 is 0 Å². The average Bonchev–Trinajstić information content (AvgIpc) is 2.89. The molecule has 0 fully saturated rings. The number of benzene rings is 4. The molecule has 15 heteroatoms. The molecule has 4 rings (SSSR count). The summed E-state index contributed by atoms with van der Waals surface area (Å²) in [4.78, 5) is 0. The van der Waals surface area contributed by atoms with E-state index in [2.05, 4.69) is 0 Å². The third kappa shape index (κ3) is 4.02. The van der Waals surface area contributed by atoms with Crippen LogP contribution in [0.25, 0.3) is 33.4 Å². The van der Waals surface area contributed by atoms with Crippen molar-refractivity contribution in [2.45, 2.75) is 0 Å². The van der Waals surface area contributed by atoms with E-state index in [-0.39, 0.29) is 0 Å². The van der Waals surface area contributed by atoms with Crippen molar-refractivity contribution in [1.29, 1.82) is 5.26 Å². The van der Waals surface area contributed by atoms with E-state index in [0.717, 1.165) is 6.07 Å². The Bertz CT molecular complexity index is 1640. The Morgan fingerprint density at radius 1 is 0.325 bits per heavy atom. The molecule has 0 heterocycles. The molecular formula is C25H3F14N. The number of rotatable bonds is 3. The Morgan fingerprint density at radius 2 is 0.525 bits per heavy atom. The second-order valence-corrected chi connectivity index (χ2v) is 7.77. The van der Waals surface area contributed by atoms with Gasteiger partial charge >= 0.3 is 0 Å². The van der Waals surface area contributed by atoms with Crippen LogP contribution in [-0.4, -0.2) is 0 Å². The van der Waals surface area contributed by atoms with E-state index in [9.17, 15) is 57.9 Å². The Morgan fingerprint density at radius 3 is 0.750 bits per heavy atom. The highest BCUT2D eigenvalue weighted by Crippen LogP contribution is 2.47. The van der Waals surface area contributed by atoms with Gasteiger partial charge in [0.2, 0.25) is 0 Å². The number of nitriles is 1. The number of halogens is 14. The highest BCUT2D eigenvalue weighted by atomic mass is 19.2. The minimum Gasteiger partial charge on any atom is -0.205 e. The molecule has 4 aromatic carbocycles. The molecular weight excluding hydrogens is 580 g/mol. The van der Waals surface area contributed by atoms with E-state index in [1.165, 1.54) is 0 Å². The van der Waals surface area contributed by atoms with Crippen molar-refractivity contribution in [2.75, 3.05) is 0 Å². The maximum Gasteiger partial charge on any atom is 0.170 e. The first-order chi connectivity index (χ1) is 18.6. The molecule has 4 aromatic rings. The molecule has 40 heavy (non-hydrogen) atoms. The SMILES string of the molecule is N#Cc1c(-c2c(F)c(F)cc(F)c2F)c(F)c(-c2c(F)c(F)cc(F)c2F)c(F)c1-c1c(F)c(F)cc(F)c1F. The molecule has 1 nitrogen and oxygen atoms in total. The average molecular weight is 583 g/mol. The van der Waals surface area contributed by atoms with Gasteiger partial charge in [-0.1, -0.05) is 0 Å². The van der Waals surface area contributed by atoms with Crippen LogP contribution in [0.1, 0.15) is 5.56 Å². The zero-order chi connectivity index (χ0) is 30.0. The fourth-order valence-corrected chi connectivity index (χ4v) is 3.87. The van der Waals surface area contributed by atoms with Gasteiger partial charge in [0, 0.05) is 29.3 Å². The Labute approximate surface area is 212 Å². The highest BCUT2D eigenvalue weighted by molar-refractivity contribution is 5.90. The lowest BCUT2D eigenvalue weighted by molar-refractivity contribution is 0.453. The molecule has 0 unspecified atom stereocenters. The maximum absolute atomic E-state index is 15.8. The van der Waals surface area contributed by atoms with Crippen molar-refractivity contribution < 1.29 is 61.5 Å². The molecule has 0 spiro atoms. The fraction of sp³-hybridized carbons (Fsp3) is 0. The summed E-state index contributed by atoms with van der Waals surface area (Å²) in [5, 5.41) is 9.55. The van der Waals surface area contributed by atoms with E-state index in [4.69, 9.17) is 0 Å². The first-order valence-corrected chi connectivity index (χ1v) is 10.1. The summed E-state index contributed by atoms with van der Waals surface area (Å²) in [5.74, 6) is -34.9. The summed E-state index contributed by atoms with van der Waals surface area (Å²) in [6.07, 6.45) is 0. The lowest BCUT2D eigenvalue weighted by Crippen LogP contribution is -2.11. The zero-order valence-corrected chi connectivity index (χ0v) is 18.5. The van der Waals surface area contributed by atoms with Crippen LogP contribution in [0.5, 0.6) is 0 Å². The van der Waals surface area contributed by atoms with Crippen LogP contribution in [-0.2, 0) is 0 Å². The first kappa shape index (κ1) is 28.4. The fourth-order valence-electron chi connectivity index (χ4n) is 3.87. The largest absolute Gasteiger partial charge is 0.205 e. The Hall–Kier alpha value is -4.61. The van der Waals surface area contributed by atoms with Crippen LogP contribution in [0.3, 0.4) is 0 Å². The monoisotopic (exact) mass is 583 g/mol. The van der Waals surface area contributed by atoms with Crippen molar-refractivity contribution in [3.05, 3.63) is 105 Å². The van der Waals surface area contributed by atoms with Crippen LogP contribution in [0, 0.1) is 92.8 Å². The quantitative estimate of drug-likeness (QED) is 0.175. The molecule has 0 aliphatic rings. The third-order valence-corrected chi connectivity index (χ3v) is 5.58. The minimum absolute atomic E-state index is 0.438. The topological polar surface area (TPSA) is 23.8 Å². The highest BCUT2D eigenvalue weighted by Gasteiger charge is 2.37. The molecule has 0 saturated heterocycles. The Kier molecular flexibility index (Phi) is 6.99. The van der Waals surface area contributed by atoms with Gasteiger partial charge in [-0.2, -0.15) is 5.26 Å². The van der Waals surface area contributed by atoms with Gasteiger partial charge in [-0.05, 0) is 0 Å². The van der Waals surface area contributed by atoms with E-state index >= 15 is 8.78 Å². The lowest BCUT2D eigenvalue weighted by atomic mass is 9.85. The van der Waals surface area contributed by atoms with E-state index in [1.807, 2.05) is 0 Å². The smallest absolute Gasteiger partial charge is 0.170 e. The van der Waals surface area contributed by atoms with Crippen LogP contribution >= 0.6 is 0 Å². The van der Waals surface area contributed by atoms with Crippen molar-refractivity contribution in [2.24, 2.45) is 0 Å². The van der Waals surface area contributed by atoms with Crippen LogP contribution in [0.2, 0.25) is 0 Å². The van der Waals surface area contributed by atoms with Crippen LogP contribution in [0.15, 0.2) is 18.2 Å². The summed E-state index contributed by atoms with van der Waals surface area (Å²) in [6.45, 7) is 0. The minimum atomic E-state index is -2.74. The van der Waals surface area contributed by atoms with Gasteiger partial charge in [0.25, 0.3) is 0 Å². The molecule has 0 saturated carbocycles. The van der Waals surface area contributed by atoms with E-state index in [1.54, 1.807) is 0 Å². The summed E-state index contributed by atoms with van der Waals surface area (Å²) in [7, 11) is 0. The maximum atomic E-state index is 15.8. The van der Waals surface area contributed by atoms with Gasteiger partial charge < -0.3 is 0 Å². The van der Waals surface area contributed by atoms with Crippen LogP contribution in [0.4, 0.5) is 61.5 Å². The predicted octanol–water partition coefficient (Wildman–Crippen LogP) is 8.51. The molecule has 0 aliphatic carbocycles. The molecule has 0 radical (unpaired) electrons. The van der Waals surface area contributed by atoms with E-state index < -0.39 is 139 Å². The second-order valence-electron chi connectivity index (χ2n) is 7.77. The molecule has 0 bridgehead atoms.